The van der Waals surface area contributed by atoms with Gasteiger partial charge in [-0.25, -0.2) is 4.99 Å². The highest BCUT2D eigenvalue weighted by Crippen LogP contribution is 2.35. The third kappa shape index (κ3) is 6.06. The van der Waals surface area contributed by atoms with Gasteiger partial charge in [-0.05, 0) is 53.9 Å². The number of hydrogen-bond donors (Lipinski definition) is 1. The monoisotopic (exact) mass is 517 g/mol. The third-order valence-electron chi connectivity index (χ3n) is 6.06. The van der Waals surface area contributed by atoms with Gasteiger partial charge in [0, 0.05) is 13.0 Å². The standard InChI is InChI=1S/C28H27N3O5S/c1-34-22-10-8-21(9-11-22)30-28-31(17-20-7-12-23-24(15-20)36-18-35-23)26(32)16-25(37-28)27(33)29-14-13-19-5-3-2-4-6-19/h2-12,15,25H,13-14,16-18H2,1H3,(H,29,33). The lowest BCUT2D eigenvalue weighted by Gasteiger charge is -2.32. The zero-order valence-electron chi connectivity index (χ0n) is 20.4. The van der Waals surface area contributed by atoms with Crippen LogP contribution >= 0.6 is 11.8 Å². The SMILES string of the molecule is COc1ccc(N=C2SC(C(=O)NCCc3ccccc3)CC(=O)N2Cc2ccc3c(c2)OCO3)cc1. The number of ether oxygens (including phenoxy) is 3. The summed E-state index contributed by atoms with van der Waals surface area (Å²) in [4.78, 5) is 32.7. The van der Waals surface area contributed by atoms with Gasteiger partial charge in [0.05, 0.1) is 24.6 Å². The summed E-state index contributed by atoms with van der Waals surface area (Å²) in [7, 11) is 1.60. The lowest BCUT2D eigenvalue weighted by molar-refractivity contribution is -0.130. The Morgan fingerprint density at radius 2 is 1.84 bits per heavy atom. The Bertz CT molecular complexity index is 1300. The number of carbonyl (C=O) groups excluding carboxylic acids is 2. The largest absolute Gasteiger partial charge is 0.497 e. The second-order valence-electron chi connectivity index (χ2n) is 8.60. The topological polar surface area (TPSA) is 89.5 Å². The fourth-order valence-electron chi connectivity index (χ4n) is 4.07. The number of amidine groups is 1. The summed E-state index contributed by atoms with van der Waals surface area (Å²) in [6.07, 6.45) is 0.814. The van der Waals surface area contributed by atoms with Gasteiger partial charge in [0.2, 0.25) is 18.6 Å². The van der Waals surface area contributed by atoms with Crippen molar-refractivity contribution < 1.29 is 23.8 Å². The molecule has 0 saturated carbocycles. The average molecular weight is 518 g/mol. The van der Waals surface area contributed by atoms with E-state index in [-0.39, 0.29) is 25.0 Å². The van der Waals surface area contributed by atoms with E-state index in [4.69, 9.17) is 19.2 Å². The summed E-state index contributed by atoms with van der Waals surface area (Å²) in [5, 5.41) is 2.89. The Morgan fingerprint density at radius 1 is 1.05 bits per heavy atom. The molecule has 5 rings (SSSR count). The number of amides is 2. The molecule has 8 nitrogen and oxygen atoms in total. The number of hydrogen-bond acceptors (Lipinski definition) is 7. The second-order valence-corrected chi connectivity index (χ2v) is 9.77. The van der Waals surface area contributed by atoms with E-state index in [1.807, 2.05) is 72.8 Å². The number of carbonyl (C=O) groups is 2. The van der Waals surface area contributed by atoms with Gasteiger partial charge in [-0.2, -0.15) is 0 Å². The smallest absolute Gasteiger partial charge is 0.234 e. The minimum absolute atomic E-state index is 0.0913. The van der Waals surface area contributed by atoms with Crippen molar-refractivity contribution in [3.8, 4) is 17.2 Å². The van der Waals surface area contributed by atoms with Crippen LogP contribution in [0, 0.1) is 0 Å². The highest BCUT2D eigenvalue weighted by Gasteiger charge is 2.36. The zero-order valence-corrected chi connectivity index (χ0v) is 21.2. The van der Waals surface area contributed by atoms with E-state index < -0.39 is 5.25 Å². The van der Waals surface area contributed by atoms with E-state index >= 15 is 0 Å². The molecule has 37 heavy (non-hydrogen) atoms. The van der Waals surface area contributed by atoms with E-state index in [0.717, 1.165) is 17.5 Å². The Hall–Kier alpha value is -3.98. The van der Waals surface area contributed by atoms with Crippen molar-refractivity contribution in [3.63, 3.8) is 0 Å². The molecule has 1 unspecified atom stereocenters. The number of fused-ring (bicyclic) bond motifs is 1. The number of methoxy groups -OCH3 is 1. The molecule has 3 aromatic carbocycles. The average Bonchev–Trinajstić information content (AvgIpc) is 3.39. The van der Waals surface area contributed by atoms with Gasteiger partial charge in [0.15, 0.2) is 16.7 Å². The Kier molecular flexibility index (Phi) is 7.60. The van der Waals surface area contributed by atoms with Crippen molar-refractivity contribution in [3.05, 3.63) is 83.9 Å². The van der Waals surface area contributed by atoms with Crippen molar-refractivity contribution in [1.29, 1.82) is 0 Å². The minimum Gasteiger partial charge on any atom is -0.497 e. The van der Waals surface area contributed by atoms with Gasteiger partial charge in [0.1, 0.15) is 5.75 Å². The molecular weight excluding hydrogens is 490 g/mol. The minimum atomic E-state index is -0.562. The first kappa shape index (κ1) is 24.7. The van der Waals surface area contributed by atoms with Gasteiger partial charge >= 0.3 is 0 Å². The molecule has 0 aliphatic carbocycles. The molecule has 1 fully saturated rings. The maximum Gasteiger partial charge on any atom is 0.234 e. The van der Waals surface area contributed by atoms with Crippen LogP contribution in [0.4, 0.5) is 5.69 Å². The lowest BCUT2D eigenvalue weighted by Crippen LogP contribution is -2.46. The molecule has 190 valence electrons. The molecule has 0 spiro atoms. The van der Waals surface area contributed by atoms with Crippen molar-refractivity contribution in [2.24, 2.45) is 4.99 Å². The fraction of sp³-hybridized carbons (Fsp3) is 0.250. The summed E-state index contributed by atoms with van der Waals surface area (Å²) in [5.41, 5.74) is 2.69. The molecule has 0 radical (unpaired) electrons. The Morgan fingerprint density at radius 3 is 2.62 bits per heavy atom. The lowest BCUT2D eigenvalue weighted by atomic mass is 10.1. The van der Waals surface area contributed by atoms with Crippen LogP contribution in [-0.2, 0) is 22.6 Å². The normalized spacial score (nSPS) is 17.6. The summed E-state index contributed by atoms with van der Waals surface area (Å²) >= 11 is 1.30. The number of nitrogens with zero attached hydrogens (tertiary/aromatic N) is 2. The third-order valence-corrected chi connectivity index (χ3v) is 7.25. The maximum absolute atomic E-state index is 13.3. The molecular formula is C28H27N3O5S. The predicted molar refractivity (Wildman–Crippen MR) is 142 cm³/mol. The number of rotatable bonds is 8. The number of aliphatic imine (C=N–C) groups is 1. The Balaban J connectivity index is 1.33. The molecule has 2 aliphatic rings. The van der Waals surface area contributed by atoms with Gasteiger partial charge in [-0.1, -0.05) is 48.2 Å². The summed E-state index contributed by atoms with van der Waals surface area (Å²) in [5.74, 6) is 1.72. The van der Waals surface area contributed by atoms with Gasteiger partial charge in [-0.3, -0.25) is 14.5 Å². The molecule has 0 bridgehead atoms. The van der Waals surface area contributed by atoms with Crippen LogP contribution in [0.1, 0.15) is 17.5 Å². The van der Waals surface area contributed by atoms with Crippen LogP contribution in [0.15, 0.2) is 77.8 Å². The van der Waals surface area contributed by atoms with E-state index in [9.17, 15) is 9.59 Å². The Labute approximate surface area is 219 Å². The predicted octanol–water partition coefficient (Wildman–Crippen LogP) is 4.30. The molecule has 1 atom stereocenters. The van der Waals surface area contributed by atoms with E-state index in [1.165, 1.54) is 11.8 Å². The van der Waals surface area contributed by atoms with Crippen LogP contribution in [0.2, 0.25) is 0 Å². The van der Waals surface area contributed by atoms with Crippen LogP contribution in [-0.4, -0.2) is 47.6 Å². The quantitative estimate of drug-likeness (QED) is 0.479. The molecule has 2 amide bonds. The molecule has 2 heterocycles. The highest BCUT2D eigenvalue weighted by molar-refractivity contribution is 8.15. The van der Waals surface area contributed by atoms with Crippen molar-refractivity contribution in [2.45, 2.75) is 24.6 Å². The summed E-state index contributed by atoms with van der Waals surface area (Å²) < 4.78 is 16.1. The van der Waals surface area contributed by atoms with Gasteiger partial charge in [0.25, 0.3) is 0 Å². The van der Waals surface area contributed by atoms with Crippen molar-refractivity contribution in [2.75, 3.05) is 20.4 Å². The summed E-state index contributed by atoms with van der Waals surface area (Å²) in [6.45, 7) is 0.988. The van der Waals surface area contributed by atoms with Crippen LogP contribution < -0.4 is 19.5 Å². The molecule has 0 aromatic heterocycles. The first-order chi connectivity index (χ1) is 18.1. The van der Waals surface area contributed by atoms with Crippen molar-refractivity contribution >= 4 is 34.4 Å². The molecule has 3 aromatic rings. The summed E-state index contributed by atoms with van der Waals surface area (Å²) in [6, 6.07) is 22.8. The van der Waals surface area contributed by atoms with Crippen LogP contribution in [0.25, 0.3) is 0 Å². The zero-order chi connectivity index (χ0) is 25.6. The maximum atomic E-state index is 13.3. The fourth-order valence-corrected chi connectivity index (χ4v) is 5.20. The van der Waals surface area contributed by atoms with Crippen LogP contribution in [0.5, 0.6) is 17.2 Å². The number of benzene rings is 3. The van der Waals surface area contributed by atoms with E-state index in [2.05, 4.69) is 5.32 Å². The molecule has 9 heteroatoms. The molecule has 1 saturated heterocycles. The number of thioether (sulfide) groups is 1. The highest BCUT2D eigenvalue weighted by atomic mass is 32.2. The van der Waals surface area contributed by atoms with Crippen molar-refractivity contribution in [1.82, 2.24) is 10.2 Å². The van der Waals surface area contributed by atoms with Gasteiger partial charge < -0.3 is 19.5 Å². The first-order valence-electron chi connectivity index (χ1n) is 12.0. The van der Waals surface area contributed by atoms with Crippen LogP contribution in [0.3, 0.4) is 0 Å². The second kappa shape index (κ2) is 11.4. The first-order valence-corrected chi connectivity index (χ1v) is 12.9. The van der Waals surface area contributed by atoms with Gasteiger partial charge in [-0.15, -0.1) is 0 Å². The van der Waals surface area contributed by atoms with E-state index in [1.54, 1.807) is 12.0 Å². The molecule has 2 aliphatic heterocycles. The molecule has 1 N–H and O–H groups in total. The number of nitrogens with one attached hydrogen (secondary N) is 1. The van der Waals surface area contributed by atoms with E-state index in [0.29, 0.717) is 41.2 Å².